The average molecular weight is 627 g/mol. The molecule has 22 heteroatoms. The Morgan fingerprint density at radius 1 is 0.560 bits per heavy atom. The minimum absolute atomic E-state index is 0. The molecular formula is C3H6Cl9NO8P4. The SMILES string of the molecule is CN(C)Cl.O=P([O-])(Cl)Cl.O=P([O-])(Cl)Cl.O=P([O-])(Cl)Cl.O=P([O-])(Cl)Cl.[C+4]. The summed E-state index contributed by atoms with van der Waals surface area (Å²) < 4.78 is 38.2. The fraction of sp³-hybridized carbons (Fsp3) is 0.667. The summed E-state index contributed by atoms with van der Waals surface area (Å²) in [6, 6.07) is 0. The summed E-state index contributed by atoms with van der Waals surface area (Å²) in [5.74, 6) is 0. The maximum atomic E-state index is 9.19. The van der Waals surface area contributed by atoms with Crippen LogP contribution in [0.3, 0.4) is 0 Å². The zero-order chi connectivity index (χ0) is 21.6. The van der Waals surface area contributed by atoms with Crippen molar-refractivity contribution in [3.63, 3.8) is 0 Å². The van der Waals surface area contributed by atoms with Crippen LogP contribution in [0.2, 0.25) is 0 Å². The van der Waals surface area contributed by atoms with E-state index in [-0.39, 0.29) is 7.43 Å². The number of hydrogen-bond donors (Lipinski definition) is 0. The smallest absolute Gasteiger partial charge is 0.776 e. The van der Waals surface area contributed by atoms with Gasteiger partial charge in [-0.25, -0.2) is 4.42 Å². The maximum Gasteiger partial charge on any atom is 4.00 e. The first-order valence-electron chi connectivity index (χ1n) is 3.88. The van der Waals surface area contributed by atoms with E-state index in [1.54, 1.807) is 14.1 Å². The summed E-state index contributed by atoms with van der Waals surface area (Å²) in [4.78, 5) is 36.8. The van der Waals surface area contributed by atoms with Crippen molar-refractivity contribution in [2.45, 2.75) is 0 Å². The molecule has 0 aromatic carbocycles. The van der Waals surface area contributed by atoms with Crippen LogP contribution >= 0.6 is 126 Å². The van der Waals surface area contributed by atoms with Crippen LogP contribution in [0.1, 0.15) is 0 Å². The van der Waals surface area contributed by atoms with Crippen molar-refractivity contribution in [3.05, 3.63) is 7.43 Å². The molecule has 0 radical (unpaired) electrons. The second-order valence-corrected chi connectivity index (χ2v) is 19.2. The third kappa shape index (κ3) is 1580. The minimum Gasteiger partial charge on any atom is -0.776 e. The second kappa shape index (κ2) is 20.6. The fourth-order valence-corrected chi connectivity index (χ4v) is 0. The summed E-state index contributed by atoms with van der Waals surface area (Å²) >= 11 is 39.5. The summed E-state index contributed by atoms with van der Waals surface area (Å²) in [5, 5.41) is 0. The Bertz CT molecular complexity index is 352. The zero-order valence-corrected chi connectivity index (χ0v) is 21.8. The van der Waals surface area contributed by atoms with Crippen LogP contribution in [0.15, 0.2) is 0 Å². The van der Waals surface area contributed by atoms with Gasteiger partial charge in [-0.3, -0.25) is 0 Å². The van der Waals surface area contributed by atoms with Crippen LogP contribution in [-0.2, 0) is 18.3 Å². The molecule has 0 rings (SSSR count). The van der Waals surface area contributed by atoms with E-state index in [0.717, 1.165) is 0 Å². The van der Waals surface area contributed by atoms with E-state index in [9.17, 15) is 37.8 Å². The third-order valence-electron chi connectivity index (χ3n) is 0. The van der Waals surface area contributed by atoms with Gasteiger partial charge in [-0.15, -0.1) is 0 Å². The van der Waals surface area contributed by atoms with Crippen LogP contribution in [0, 0.1) is 7.43 Å². The first kappa shape index (κ1) is 42.4. The molecule has 0 aliphatic rings. The Morgan fingerprint density at radius 2 is 0.560 bits per heavy atom. The van der Waals surface area contributed by atoms with Gasteiger partial charge in [-0.1, -0.05) is 89.9 Å². The normalized spacial score (nSPS) is 10.9. The van der Waals surface area contributed by atoms with E-state index in [2.05, 4.69) is 89.9 Å². The summed E-state index contributed by atoms with van der Waals surface area (Å²) in [7, 11) is 3.53. The molecule has 0 N–H and O–H groups in total. The molecule has 25 heavy (non-hydrogen) atoms. The molecule has 0 heterocycles. The Hall–Kier alpha value is 3.33. The standard InChI is InChI=1S/C2H6ClN.C.4Cl2HO2P/c1-4(2)3;;4*1-5(2,3)4/h1-2H3;;4*(H,3,4)/q;+4;;;;/p-4. The molecule has 0 aliphatic heterocycles. The third-order valence-corrected chi connectivity index (χ3v) is 0. The Labute approximate surface area is 188 Å². The molecule has 0 aromatic heterocycles. The number of halogens is 9. The van der Waals surface area contributed by atoms with E-state index in [4.69, 9.17) is 11.8 Å². The van der Waals surface area contributed by atoms with E-state index in [0.29, 0.717) is 0 Å². The Balaban J connectivity index is -0.0000000448. The van der Waals surface area contributed by atoms with Crippen molar-refractivity contribution in [3.8, 4) is 0 Å². The first-order valence-corrected chi connectivity index (χ1v) is 18.0. The molecule has 0 saturated carbocycles. The monoisotopic (exact) mass is 623 g/mol. The van der Waals surface area contributed by atoms with Gasteiger partial charge in [0.15, 0.2) is 24.3 Å². The van der Waals surface area contributed by atoms with Gasteiger partial charge in [0, 0.05) is 14.1 Å². The van der Waals surface area contributed by atoms with E-state index >= 15 is 0 Å². The minimum atomic E-state index is -3.94. The summed E-state index contributed by atoms with van der Waals surface area (Å²) in [6.07, 6.45) is -15.8. The van der Waals surface area contributed by atoms with E-state index in [1.807, 2.05) is 0 Å². The molecular weight excluding hydrogens is 621 g/mol. The molecule has 0 bridgehead atoms. The largest absolute Gasteiger partial charge is 4.00 e. The Kier molecular flexibility index (Phi) is 35.0. The number of rotatable bonds is 0. The fourth-order valence-electron chi connectivity index (χ4n) is 0. The molecule has 0 atom stereocenters. The molecule has 0 amide bonds. The molecule has 0 aliphatic carbocycles. The van der Waals surface area contributed by atoms with Crippen molar-refractivity contribution >= 4 is 126 Å². The van der Waals surface area contributed by atoms with Crippen molar-refractivity contribution in [2.24, 2.45) is 0 Å². The van der Waals surface area contributed by atoms with Crippen LogP contribution in [0.25, 0.3) is 0 Å². The van der Waals surface area contributed by atoms with E-state index in [1.165, 1.54) is 4.42 Å². The van der Waals surface area contributed by atoms with Crippen molar-refractivity contribution < 1.29 is 37.8 Å². The predicted octanol–water partition coefficient (Wildman–Crippen LogP) is 4.51. The second-order valence-electron chi connectivity index (χ2n) is 2.44. The molecule has 0 unspecified atom stereocenters. The summed E-state index contributed by atoms with van der Waals surface area (Å²) in [6.45, 7) is 0. The zero-order valence-electron chi connectivity index (χ0n) is 11.4. The van der Waals surface area contributed by atoms with E-state index < -0.39 is 24.3 Å². The molecule has 0 spiro atoms. The average Bonchev–Trinajstić information content (AvgIpc) is 1.82. The molecule has 9 nitrogen and oxygen atoms in total. The maximum absolute atomic E-state index is 9.19. The predicted molar refractivity (Wildman–Crippen MR) is 100 cm³/mol. The van der Waals surface area contributed by atoms with Gasteiger partial charge < -0.3 is 37.8 Å². The van der Waals surface area contributed by atoms with Crippen LogP contribution < -0.4 is 19.6 Å². The molecule has 154 valence electrons. The quantitative estimate of drug-likeness (QED) is 0.278. The van der Waals surface area contributed by atoms with Gasteiger partial charge in [0.05, 0.1) is 0 Å². The van der Waals surface area contributed by atoms with Gasteiger partial charge in [-0.05, 0) is 11.8 Å². The Morgan fingerprint density at radius 3 is 0.560 bits per heavy atom. The first-order chi connectivity index (χ1) is 9.73. The topological polar surface area (TPSA) is 164 Å². The van der Waals surface area contributed by atoms with Gasteiger partial charge in [-0.2, -0.15) is 0 Å². The molecule has 0 saturated heterocycles. The molecule has 0 fully saturated rings. The number of nitrogens with zero attached hydrogens (tertiary/aromatic N) is 1. The van der Waals surface area contributed by atoms with Crippen molar-refractivity contribution in [1.82, 2.24) is 4.42 Å². The van der Waals surface area contributed by atoms with Crippen molar-refractivity contribution in [1.29, 1.82) is 0 Å². The van der Waals surface area contributed by atoms with Gasteiger partial charge in [0.25, 0.3) is 0 Å². The van der Waals surface area contributed by atoms with Crippen LogP contribution in [0.5, 0.6) is 0 Å². The van der Waals surface area contributed by atoms with Gasteiger partial charge >= 0.3 is 7.43 Å². The van der Waals surface area contributed by atoms with Crippen LogP contribution in [-0.4, -0.2) is 18.5 Å². The summed E-state index contributed by atoms with van der Waals surface area (Å²) in [5.41, 5.74) is 0. The van der Waals surface area contributed by atoms with Crippen molar-refractivity contribution in [2.75, 3.05) is 14.1 Å². The van der Waals surface area contributed by atoms with Gasteiger partial charge in [0.2, 0.25) is 0 Å². The number of hydrogen-bond acceptors (Lipinski definition) is 9. The molecule has 0 aromatic rings. The van der Waals surface area contributed by atoms with Gasteiger partial charge in [0.1, 0.15) is 0 Å². The van der Waals surface area contributed by atoms with Crippen LogP contribution in [0.4, 0.5) is 0 Å².